The summed E-state index contributed by atoms with van der Waals surface area (Å²) < 4.78 is 0. The number of hydrogen-bond donors (Lipinski definition) is 0. The summed E-state index contributed by atoms with van der Waals surface area (Å²) in [6, 6.07) is 70.1. The van der Waals surface area contributed by atoms with Gasteiger partial charge < -0.3 is 0 Å². The van der Waals surface area contributed by atoms with E-state index in [0.717, 1.165) is 22.5 Å². The van der Waals surface area contributed by atoms with E-state index in [9.17, 15) is 0 Å². The number of nitrogens with zero attached hydrogens (tertiary/aromatic N) is 2. The molecule has 0 bridgehead atoms. The van der Waals surface area contributed by atoms with Crippen molar-refractivity contribution >= 4 is 0 Å². The number of pyridine rings is 2. The van der Waals surface area contributed by atoms with Crippen LogP contribution in [0.5, 0.6) is 0 Å². The molecule has 0 aliphatic heterocycles. The lowest BCUT2D eigenvalue weighted by Gasteiger charge is -2.38. The van der Waals surface area contributed by atoms with E-state index in [1.54, 1.807) is 0 Å². The molecule has 0 fully saturated rings. The van der Waals surface area contributed by atoms with Crippen molar-refractivity contribution in [2.45, 2.75) is 10.8 Å². The van der Waals surface area contributed by atoms with Gasteiger partial charge in [0, 0.05) is 18.0 Å². The highest BCUT2D eigenvalue weighted by atomic mass is 14.7. The van der Waals surface area contributed by atoms with Crippen LogP contribution in [-0.2, 0) is 10.8 Å². The molecule has 1 aliphatic carbocycles. The summed E-state index contributed by atoms with van der Waals surface area (Å²) in [5.74, 6) is 0. The SMILES string of the molecule is c1ccc(C(c2ccccc2)(c2cccc(C3(c4cccc(-c5ccccn5)c4)c4ccccc4-c4ccccc43)c2)c2ccccn2)cc1. The van der Waals surface area contributed by atoms with Crippen molar-refractivity contribution in [3.05, 3.63) is 251 Å². The maximum absolute atomic E-state index is 5.09. The van der Waals surface area contributed by atoms with Crippen LogP contribution >= 0.6 is 0 Å². The second kappa shape index (κ2) is 12.3. The van der Waals surface area contributed by atoms with Crippen molar-refractivity contribution in [2.24, 2.45) is 0 Å². The maximum Gasteiger partial charge on any atom is 0.0873 e. The Bertz CT molecular complexity index is 2280. The van der Waals surface area contributed by atoms with Gasteiger partial charge in [-0.1, -0.05) is 164 Å². The molecular weight excluding hydrogens is 605 g/mol. The molecule has 8 aromatic rings. The minimum absolute atomic E-state index is 0.586. The first-order valence-electron chi connectivity index (χ1n) is 17.2. The number of hydrogen-bond acceptors (Lipinski definition) is 2. The van der Waals surface area contributed by atoms with Crippen LogP contribution in [0.25, 0.3) is 22.4 Å². The molecule has 6 aromatic carbocycles. The van der Waals surface area contributed by atoms with Gasteiger partial charge >= 0.3 is 0 Å². The molecule has 0 saturated heterocycles. The molecule has 50 heavy (non-hydrogen) atoms. The van der Waals surface area contributed by atoms with Crippen molar-refractivity contribution in [3.63, 3.8) is 0 Å². The highest BCUT2D eigenvalue weighted by Gasteiger charge is 2.47. The predicted molar refractivity (Wildman–Crippen MR) is 203 cm³/mol. The molecular formula is C48H34N2. The van der Waals surface area contributed by atoms with Crippen molar-refractivity contribution in [2.75, 3.05) is 0 Å². The first kappa shape index (κ1) is 29.7. The molecule has 2 aromatic heterocycles. The van der Waals surface area contributed by atoms with Gasteiger partial charge in [-0.05, 0) is 80.4 Å². The van der Waals surface area contributed by atoms with Crippen LogP contribution in [0.4, 0.5) is 0 Å². The average molecular weight is 639 g/mol. The minimum Gasteiger partial charge on any atom is -0.260 e. The fourth-order valence-corrected chi connectivity index (χ4v) is 8.36. The summed E-state index contributed by atoms with van der Waals surface area (Å²) in [6.07, 6.45) is 3.78. The van der Waals surface area contributed by atoms with Gasteiger partial charge in [-0.25, -0.2) is 0 Å². The standard InChI is InChI=1S/C48H34N2/c1-3-18-36(19-4-1)47(37-20-5-2-6-21-37,46-30-12-14-32-50-46)39-23-16-24-40(34-39)48(38-22-15-17-35(33-38)45-29-11-13-31-49-45)43-27-9-7-25-41(43)42-26-8-10-28-44(42)48/h1-34H. The smallest absolute Gasteiger partial charge is 0.0873 e. The highest BCUT2D eigenvalue weighted by molar-refractivity contribution is 5.86. The largest absolute Gasteiger partial charge is 0.260 e. The Morgan fingerprint density at radius 2 is 0.900 bits per heavy atom. The molecule has 2 nitrogen and oxygen atoms in total. The van der Waals surface area contributed by atoms with Crippen LogP contribution in [0, 0.1) is 0 Å². The fraction of sp³-hybridized carbons (Fsp3) is 0.0417. The van der Waals surface area contributed by atoms with Gasteiger partial charge in [-0.2, -0.15) is 0 Å². The van der Waals surface area contributed by atoms with Gasteiger partial charge in [0.1, 0.15) is 0 Å². The zero-order valence-electron chi connectivity index (χ0n) is 27.5. The third-order valence-electron chi connectivity index (χ3n) is 10.4. The lowest BCUT2D eigenvalue weighted by Crippen LogP contribution is -2.33. The van der Waals surface area contributed by atoms with Crippen LogP contribution in [-0.4, -0.2) is 9.97 Å². The molecule has 0 saturated carbocycles. The Morgan fingerprint density at radius 1 is 0.380 bits per heavy atom. The van der Waals surface area contributed by atoms with Crippen LogP contribution < -0.4 is 0 Å². The van der Waals surface area contributed by atoms with Crippen molar-refractivity contribution in [1.29, 1.82) is 0 Å². The van der Waals surface area contributed by atoms with Crippen molar-refractivity contribution in [3.8, 4) is 22.4 Å². The molecule has 2 heterocycles. The van der Waals surface area contributed by atoms with Crippen molar-refractivity contribution in [1.82, 2.24) is 9.97 Å². The zero-order valence-corrected chi connectivity index (χ0v) is 27.5. The van der Waals surface area contributed by atoms with E-state index < -0.39 is 10.8 Å². The lowest BCUT2D eigenvalue weighted by atomic mass is 9.63. The van der Waals surface area contributed by atoms with Crippen LogP contribution in [0.15, 0.2) is 207 Å². The highest BCUT2D eigenvalue weighted by Crippen LogP contribution is 2.57. The number of rotatable bonds is 7. The van der Waals surface area contributed by atoms with Crippen molar-refractivity contribution < 1.29 is 0 Å². The fourth-order valence-electron chi connectivity index (χ4n) is 8.36. The monoisotopic (exact) mass is 638 g/mol. The molecule has 236 valence electrons. The van der Waals surface area contributed by atoms with Gasteiger partial charge in [0.05, 0.1) is 22.2 Å². The topological polar surface area (TPSA) is 25.8 Å². The van der Waals surface area contributed by atoms with Gasteiger partial charge in [-0.15, -0.1) is 0 Å². The van der Waals surface area contributed by atoms with E-state index in [2.05, 4.69) is 182 Å². The van der Waals surface area contributed by atoms with E-state index in [1.165, 1.54) is 44.5 Å². The Labute approximate surface area is 293 Å². The van der Waals surface area contributed by atoms with E-state index in [4.69, 9.17) is 9.97 Å². The Kier molecular flexibility index (Phi) is 7.29. The normalized spacial score (nSPS) is 13.0. The Hall–Kier alpha value is -6.38. The number of benzene rings is 6. The quantitative estimate of drug-likeness (QED) is 0.162. The van der Waals surface area contributed by atoms with E-state index in [1.807, 2.05) is 24.5 Å². The first-order valence-corrected chi connectivity index (χ1v) is 17.2. The summed E-state index contributed by atoms with van der Waals surface area (Å²) in [5, 5.41) is 0. The maximum atomic E-state index is 5.09. The first-order chi connectivity index (χ1) is 24.8. The predicted octanol–water partition coefficient (Wildman–Crippen LogP) is 10.9. The minimum atomic E-state index is -0.672. The molecule has 0 unspecified atom stereocenters. The lowest BCUT2D eigenvalue weighted by molar-refractivity contribution is 0.704. The molecule has 0 amide bonds. The number of fused-ring (bicyclic) bond motifs is 3. The third kappa shape index (κ3) is 4.49. The Morgan fingerprint density at radius 3 is 1.50 bits per heavy atom. The molecule has 0 atom stereocenters. The second-order valence-corrected chi connectivity index (χ2v) is 12.9. The summed E-state index contributed by atoms with van der Waals surface area (Å²) in [6.45, 7) is 0. The molecule has 0 radical (unpaired) electrons. The summed E-state index contributed by atoms with van der Waals surface area (Å²) >= 11 is 0. The van der Waals surface area contributed by atoms with Crippen LogP contribution in [0.1, 0.15) is 44.6 Å². The van der Waals surface area contributed by atoms with Crippen LogP contribution in [0.2, 0.25) is 0 Å². The molecule has 2 heteroatoms. The summed E-state index contributed by atoms with van der Waals surface area (Å²) in [4.78, 5) is 9.83. The summed E-state index contributed by atoms with van der Waals surface area (Å²) in [7, 11) is 0. The average Bonchev–Trinajstić information content (AvgIpc) is 3.51. The summed E-state index contributed by atoms with van der Waals surface area (Å²) in [5.41, 5.74) is 12.8. The molecule has 0 N–H and O–H groups in total. The van der Waals surface area contributed by atoms with E-state index in [-0.39, 0.29) is 0 Å². The van der Waals surface area contributed by atoms with Gasteiger partial charge in [0.15, 0.2) is 0 Å². The second-order valence-electron chi connectivity index (χ2n) is 12.9. The van der Waals surface area contributed by atoms with Gasteiger partial charge in [0.2, 0.25) is 0 Å². The third-order valence-corrected chi connectivity index (χ3v) is 10.4. The Balaban J connectivity index is 1.39. The zero-order chi connectivity index (χ0) is 33.4. The number of aromatic nitrogens is 2. The van der Waals surface area contributed by atoms with Gasteiger partial charge in [-0.3, -0.25) is 9.97 Å². The van der Waals surface area contributed by atoms with Crippen LogP contribution in [0.3, 0.4) is 0 Å². The van der Waals surface area contributed by atoms with E-state index >= 15 is 0 Å². The molecule has 1 aliphatic rings. The van der Waals surface area contributed by atoms with E-state index in [0.29, 0.717) is 0 Å². The molecule has 0 spiro atoms. The molecule has 9 rings (SSSR count). The van der Waals surface area contributed by atoms with Gasteiger partial charge in [0.25, 0.3) is 0 Å².